The van der Waals surface area contributed by atoms with Crippen LogP contribution in [0.5, 0.6) is 0 Å². The summed E-state index contributed by atoms with van der Waals surface area (Å²) in [4.78, 5) is 16.0. The summed E-state index contributed by atoms with van der Waals surface area (Å²) in [5.74, 6) is -0.949. The number of aliphatic imine (C=N–C) groups is 1. The van der Waals surface area contributed by atoms with E-state index in [1.165, 1.54) is 23.8 Å². The highest BCUT2D eigenvalue weighted by Gasteiger charge is 2.25. The number of rotatable bonds is 7. The highest BCUT2D eigenvalue weighted by molar-refractivity contribution is 6.31. The van der Waals surface area contributed by atoms with Crippen molar-refractivity contribution in [1.82, 2.24) is 14.9 Å². The fourth-order valence-electron chi connectivity index (χ4n) is 4.46. The molecule has 2 heterocycles. The lowest BCUT2D eigenvalue weighted by atomic mass is 9.95. The monoisotopic (exact) mass is 533 g/mol. The molecule has 0 fully saturated rings. The van der Waals surface area contributed by atoms with Gasteiger partial charge in [0.05, 0.1) is 23.5 Å². The lowest BCUT2D eigenvalue weighted by Crippen LogP contribution is -2.13. The minimum Gasteiger partial charge on any atom is -0.324 e. The van der Waals surface area contributed by atoms with Gasteiger partial charge in [0.15, 0.2) is 0 Å². The Morgan fingerprint density at radius 1 is 0.974 bits per heavy atom. The predicted octanol–water partition coefficient (Wildman–Crippen LogP) is 7.30. The second-order valence-corrected chi connectivity index (χ2v) is 9.69. The van der Waals surface area contributed by atoms with E-state index >= 15 is 0 Å². The second kappa shape index (κ2) is 11.8. The lowest BCUT2D eigenvalue weighted by Gasteiger charge is -2.14. The molecule has 0 radical (unpaired) electrons. The van der Waals surface area contributed by atoms with Gasteiger partial charge in [0, 0.05) is 33.6 Å². The standard InChI is InChI=1S/C29H26ClF2N5.CH4/c1-37(2)13-5-7-18-6-3-8-21(14-18)35-29-34-17-19-16-33-28(26-24(31)9-4-10-25(26)32)23-15-20(30)11-12-22(23)27(19)36-29;/h3-4,6,8-12,14-15,17H,5,7,13,16H2,1-2H3,(H,34,35,36);1H4. The van der Waals surface area contributed by atoms with Crippen LogP contribution in [0.3, 0.4) is 0 Å². The van der Waals surface area contributed by atoms with Crippen molar-refractivity contribution >= 4 is 28.9 Å². The van der Waals surface area contributed by atoms with Crippen molar-refractivity contribution in [3.8, 4) is 11.3 Å². The minimum atomic E-state index is -0.686. The SMILES string of the molecule is C.CN(C)CCCc1cccc(Nc2ncc3c(n2)-c2ccc(Cl)cc2C(c2c(F)cccc2F)=NC3)c1. The molecule has 0 saturated heterocycles. The molecule has 1 aliphatic heterocycles. The number of nitrogens with one attached hydrogen (secondary N) is 1. The van der Waals surface area contributed by atoms with E-state index in [4.69, 9.17) is 16.6 Å². The molecule has 0 atom stereocenters. The molecule has 0 amide bonds. The van der Waals surface area contributed by atoms with Gasteiger partial charge in [-0.1, -0.05) is 43.3 Å². The molecule has 0 aliphatic carbocycles. The first-order chi connectivity index (χ1) is 17.9. The number of anilines is 2. The van der Waals surface area contributed by atoms with Gasteiger partial charge < -0.3 is 10.2 Å². The summed E-state index contributed by atoms with van der Waals surface area (Å²) in [5, 5.41) is 3.74. The average Bonchev–Trinajstić information content (AvgIpc) is 3.01. The van der Waals surface area contributed by atoms with Gasteiger partial charge >= 0.3 is 0 Å². The van der Waals surface area contributed by atoms with Crippen LogP contribution in [0.1, 0.15) is 36.1 Å². The molecule has 0 saturated carbocycles. The largest absolute Gasteiger partial charge is 0.324 e. The Balaban J connectivity index is 0.00000336. The Hall–Kier alpha value is -3.68. The minimum absolute atomic E-state index is 0. The van der Waals surface area contributed by atoms with Crippen LogP contribution < -0.4 is 5.32 Å². The number of benzene rings is 3. The van der Waals surface area contributed by atoms with Crippen molar-refractivity contribution in [2.75, 3.05) is 26.0 Å². The summed E-state index contributed by atoms with van der Waals surface area (Å²) in [6, 6.07) is 17.2. The zero-order chi connectivity index (χ0) is 25.9. The molecule has 5 nitrogen and oxygen atoms in total. The van der Waals surface area contributed by atoms with E-state index in [1.54, 1.807) is 24.4 Å². The van der Waals surface area contributed by atoms with Gasteiger partial charge in [0.1, 0.15) is 11.6 Å². The Bertz CT molecular complexity index is 1470. The summed E-state index contributed by atoms with van der Waals surface area (Å²) < 4.78 is 29.5. The molecule has 3 aromatic carbocycles. The van der Waals surface area contributed by atoms with Gasteiger partial charge in [0.25, 0.3) is 0 Å². The average molecular weight is 534 g/mol. The number of hydrogen-bond acceptors (Lipinski definition) is 5. The zero-order valence-electron chi connectivity index (χ0n) is 20.6. The molecule has 0 unspecified atom stereocenters. The van der Waals surface area contributed by atoms with Crippen LogP contribution in [0, 0.1) is 11.6 Å². The summed E-state index contributed by atoms with van der Waals surface area (Å²) in [6.07, 6.45) is 3.74. The quantitative estimate of drug-likeness (QED) is 0.271. The molecule has 4 aromatic rings. The van der Waals surface area contributed by atoms with Gasteiger partial charge in [-0.25, -0.2) is 18.7 Å². The van der Waals surface area contributed by atoms with E-state index in [0.29, 0.717) is 27.8 Å². The van der Waals surface area contributed by atoms with Gasteiger partial charge in [0.2, 0.25) is 5.95 Å². The molecule has 1 aromatic heterocycles. The van der Waals surface area contributed by atoms with Crippen LogP contribution in [0.2, 0.25) is 5.02 Å². The van der Waals surface area contributed by atoms with Gasteiger partial charge in [-0.2, -0.15) is 0 Å². The van der Waals surface area contributed by atoms with E-state index in [1.807, 2.05) is 12.1 Å². The molecular formula is C30H30ClF2N5. The Kier molecular flexibility index (Phi) is 8.49. The maximum atomic E-state index is 14.8. The first-order valence-corrected chi connectivity index (χ1v) is 12.4. The summed E-state index contributed by atoms with van der Waals surface area (Å²) in [5.41, 5.74) is 4.72. The Morgan fingerprint density at radius 3 is 2.50 bits per heavy atom. The summed E-state index contributed by atoms with van der Waals surface area (Å²) in [6.45, 7) is 1.20. The molecule has 196 valence electrons. The first kappa shape index (κ1) is 27.4. The number of halogens is 3. The maximum absolute atomic E-state index is 14.8. The smallest absolute Gasteiger partial charge is 0.227 e. The molecule has 0 spiro atoms. The number of hydrogen-bond donors (Lipinski definition) is 1. The third-order valence-electron chi connectivity index (χ3n) is 6.22. The van der Waals surface area contributed by atoms with E-state index in [-0.39, 0.29) is 25.2 Å². The van der Waals surface area contributed by atoms with Gasteiger partial charge in [-0.15, -0.1) is 0 Å². The van der Waals surface area contributed by atoms with E-state index in [2.05, 4.69) is 46.4 Å². The van der Waals surface area contributed by atoms with E-state index < -0.39 is 11.6 Å². The van der Waals surface area contributed by atoms with E-state index in [9.17, 15) is 8.78 Å². The Morgan fingerprint density at radius 2 is 1.74 bits per heavy atom. The second-order valence-electron chi connectivity index (χ2n) is 9.25. The highest BCUT2D eigenvalue weighted by atomic mass is 35.5. The zero-order valence-corrected chi connectivity index (χ0v) is 21.4. The summed E-state index contributed by atoms with van der Waals surface area (Å²) in [7, 11) is 4.14. The van der Waals surface area contributed by atoms with Crippen molar-refractivity contribution in [1.29, 1.82) is 0 Å². The number of nitrogens with zero attached hydrogens (tertiary/aromatic N) is 4. The molecule has 0 bridgehead atoms. The third kappa shape index (κ3) is 5.90. The lowest BCUT2D eigenvalue weighted by molar-refractivity contribution is 0.400. The van der Waals surface area contributed by atoms with Crippen LogP contribution >= 0.6 is 11.6 Å². The molecule has 5 rings (SSSR count). The fourth-order valence-corrected chi connectivity index (χ4v) is 4.63. The van der Waals surface area contributed by atoms with Crippen LogP contribution in [0.25, 0.3) is 11.3 Å². The predicted molar refractivity (Wildman–Crippen MR) is 152 cm³/mol. The fraction of sp³-hybridized carbons (Fsp3) is 0.233. The first-order valence-electron chi connectivity index (χ1n) is 12.0. The molecular weight excluding hydrogens is 504 g/mol. The normalized spacial score (nSPS) is 12.2. The van der Waals surface area contributed by atoms with Crippen LogP contribution in [0.15, 0.2) is 71.9 Å². The van der Waals surface area contributed by atoms with Gasteiger partial charge in [-0.3, -0.25) is 4.99 Å². The number of aromatic nitrogens is 2. The maximum Gasteiger partial charge on any atom is 0.227 e. The van der Waals surface area contributed by atoms with Crippen molar-refractivity contribution in [3.05, 3.63) is 106 Å². The molecule has 8 heteroatoms. The van der Waals surface area contributed by atoms with Crippen LogP contribution in [-0.4, -0.2) is 41.2 Å². The van der Waals surface area contributed by atoms with Crippen molar-refractivity contribution in [2.45, 2.75) is 26.8 Å². The van der Waals surface area contributed by atoms with Crippen LogP contribution in [0.4, 0.5) is 20.4 Å². The van der Waals surface area contributed by atoms with Gasteiger partial charge in [-0.05, 0) is 75.4 Å². The van der Waals surface area contributed by atoms with E-state index in [0.717, 1.165) is 30.6 Å². The molecule has 1 aliphatic rings. The van der Waals surface area contributed by atoms with Crippen molar-refractivity contribution in [3.63, 3.8) is 0 Å². The topological polar surface area (TPSA) is 53.4 Å². The number of fused-ring (bicyclic) bond motifs is 3. The summed E-state index contributed by atoms with van der Waals surface area (Å²) >= 11 is 6.31. The van der Waals surface area contributed by atoms with Crippen molar-refractivity contribution in [2.24, 2.45) is 4.99 Å². The molecule has 1 N–H and O–H groups in total. The van der Waals surface area contributed by atoms with Crippen LogP contribution in [-0.2, 0) is 13.0 Å². The number of aryl methyl sites for hydroxylation is 1. The molecule has 38 heavy (non-hydrogen) atoms. The third-order valence-corrected chi connectivity index (χ3v) is 6.45. The Labute approximate surface area is 227 Å². The highest BCUT2D eigenvalue weighted by Crippen LogP contribution is 2.34. The van der Waals surface area contributed by atoms with Crippen molar-refractivity contribution < 1.29 is 8.78 Å².